The average molecular weight is 1540 g/mol. The zero-order chi connectivity index (χ0) is 78.0. The van der Waals surface area contributed by atoms with Gasteiger partial charge in [-0.05, 0) is 141 Å². The van der Waals surface area contributed by atoms with E-state index in [1.54, 1.807) is 0 Å². The van der Waals surface area contributed by atoms with Gasteiger partial charge in [0.15, 0.2) is 6.10 Å². The van der Waals surface area contributed by atoms with Crippen LogP contribution in [0.2, 0.25) is 0 Å². The normalized spacial score (nSPS) is 14.7. The Hall–Kier alpha value is -4.83. The van der Waals surface area contributed by atoms with Gasteiger partial charge in [-0.1, -0.05) is 326 Å². The zero-order valence-electron chi connectivity index (χ0n) is 67.0. The Kier molecular flexibility index (Phi) is 77.0. The molecule has 0 aliphatic heterocycles. The summed E-state index contributed by atoms with van der Waals surface area (Å²) in [5, 5.41) is 20.7. The van der Waals surface area contributed by atoms with Gasteiger partial charge in [-0.2, -0.15) is 0 Å². The largest absolute Gasteiger partial charge is 0.472 e. The molecule has 0 aromatic heterocycles. The molecule has 107 heavy (non-hydrogen) atoms. The fourth-order valence-corrected chi connectivity index (χ4v) is 12.5. The van der Waals surface area contributed by atoms with Crippen LogP contribution in [-0.4, -0.2) is 95.9 Å². The number of hydrogen-bond acceptors (Lipinski definition) is 14. The Morgan fingerprint density at radius 3 is 0.785 bits per heavy atom. The van der Waals surface area contributed by atoms with E-state index in [4.69, 9.17) is 32.3 Å². The van der Waals surface area contributed by atoms with Gasteiger partial charge in [0.05, 0.1) is 26.4 Å². The third-order valence-corrected chi connectivity index (χ3v) is 19.1. The third-order valence-electron chi connectivity index (χ3n) is 17.2. The molecule has 0 fully saturated rings. The molecule has 0 bridgehead atoms. The number of rotatable bonds is 78. The fraction of sp³-hybridized carbons (Fsp3) is 0.674. The van der Waals surface area contributed by atoms with Gasteiger partial charge in [0, 0.05) is 19.3 Å². The molecule has 0 rings (SSSR count). The van der Waals surface area contributed by atoms with Gasteiger partial charge in [-0.25, -0.2) is 9.13 Å². The molecule has 0 radical (unpaired) electrons. The molecule has 0 aliphatic rings. The maximum atomic E-state index is 13.0. The van der Waals surface area contributed by atoms with Gasteiger partial charge in [-0.15, -0.1) is 0 Å². The topological polar surface area (TPSA) is 231 Å². The number of hydrogen-bond donors (Lipinski definition) is 4. The van der Waals surface area contributed by atoms with Crippen LogP contribution in [0, 0.1) is 0 Å². The summed E-state index contributed by atoms with van der Waals surface area (Å²) in [5.74, 6) is -1.60. The molecule has 0 saturated carbocycles. The van der Waals surface area contributed by atoms with Crippen LogP contribution >= 0.6 is 15.6 Å². The second-order valence-corrected chi connectivity index (χ2v) is 30.4. The molecule has 0 spiro atoms. The first-order valence-corrected chi connectivity index (χ1v) is 44.8. The van der Waals surface area contributed by atoms with E-state index >= 15 is 0 Å². The lowest BCUT2D eigenvalue weighted by Crippen LogP contribution is -2.30. The van der Waals surface area contributed by atoms with Crippen molar-refractivity contribution in [2.24, 2.45) is 0 Å². The van der Waals surface area contributed by atoms with Crippen LogP contribution < -0.4 is 0 Å². The van der Waals surface area contributed by atoms with Crippen molar-refractivity contribution in [2.45, 2.75) is 347 Å². The molecule has 0 saturated heterocycles. The SMILES string of the molecule is CC/C=C\C/C=C\C/C=C\C/C=C\C/C=C\C/C=C\CCCCCCCCCCCCCCCCC(=O)OCC(O)COP(=O)(O)OCC(O)COP(=O)(O)OCC(COC(=O)CCCCCCCCCCC/C=C\C/C=C\C/C=C\C/C=C\C/C=C\CC)OC(=O)CCCCCCC/C=C\C/C=C\CCC. The van der Waals surface area contributed by atoms with Gasteiger partial charge in [-0.3, -0.25) is 32.5 Å². The Balaban J connectivity index is 4.45. The first-order chi connectivity index (χ1) is 52.2. The zero-order valence-corrected chi connectivity index (χ0v) is 68.8. The van der Waals surface area contributed by atoms with E-state index in [0.717, 1.165) is 180 Å². The smallest absolute Gasteiger partial charge is 0.463 e. The number of allylic oxidation sites excluding steroid dienone is 26. The van der Waals surface area contributed by atoms with Crippen molar-refractivity contribution in [3.8, 4) is 0 Å². The monoisotopic (exact) mass is 1540 g/mol. The molecule has 0 aromatic rings. The highest BCUT2D eigenvalue weighted by molar-refractivity contribution is 7.47. The van der Waals surface area contributed by atoms with Gasteiger partial charge >= 0.3 is 33.6 Å². The predicted molar refractivity (Wildman–Crippen MR) is 445 cm³/mol. The molecule has 0 amide bonds. The number of carbonyl (C=O) groups excluding carboxylic acids is 3. The van der Waals surface area contributed by atoms with E-state index in [1.807, 2.05) is 0 Å². The number of unbranched alkanes of at least 4 members (excludes halogenated alkanes) is 29. The molecule has 5 unspecified atom stereocenters. The number of carbonyl (C=O) groups is 3. The lowest BCUT2D eigenvalue weighted by Gasteiger charge is -2.21. The summed E-state index contributed by atoms with van der Waals surface area (Å²) in [4.78, 5) is 58.7. The van der Waals surface area contributed by atoms with Crippen LogP contribution in [0.1, 0.15) is 329 Å². The number of aliphatic hydroxyl groups excluding tert-OH is 2. The van der Waals surface area contributed by atoms with Gasteiger partial charge < -0.3 is 34.2 Å². The number of ether oxygens (including phenoxy) is 3. The summed E-state index contributed by atoms with van der Waals surface area (Å²) in [6.45, 7) is 2.37. The molecule has 0 heterocycles. The second-order valence-electron chi connectivity index (χ2n) is 27.5. The van der Waals surface area contributed by atoms with E-state index < -0.39 is 91.5 Å². The Morgan fingerprint density at radius 1 is 0.271 bits per heavy atom. The molecule has 0 aliphatic carbocycles. The molecule has 4 N–H and O–H groups in total. The number of esters is 3. The van der Waals surface area contributed by atoms with E-state index in [9.17, 15) is 43.5 Å². The summed E-state index contributed by atoms with van der Waals surface area (Å²) in [7, 11) is -9.80. The first-order valence-electron chi connectivity index (χ1n) is 41.8. The molecule has 612 valence electrons. The Morgan fingerprint density at radius 2 is 0.495 bits per heavy atom. The highest BCUT2D eigenvalue weighted by atomic mass is 31.2. The number of phosphoric ester groups is 2. The molecule has 5 atom stereocenters. The Labute approximate surface area is 650 Å². The van der Waals surface area contributed by atoms with Gasteiger partial charge in [0.2, 0.25) is 0 Å². The number of phosphoric acid groups is 2. The molecule has 16 nitrogen and oxygen atoms in total. The van der Waals surface area contributed by atoms with Crippen molar-refractivity contribution in [3.05, 3.63) is 158 Å². The van der Waals surface area contributed by atoms with Crippen molar-refractivity contribution >= 4 is 33.6 Å². The number of aliphatic hydroxyl groups is 2. The summed E-state index contributed by atoms with van der Waals surface area (Å²) in [6, 6.07) is 0. The minimum Gasteiger partial charge on any atom is -0.463 e. The highest BCUT2D eigenvalue weighted by Crippen LogP contribution is 2.45. The maximum absolute atomic E-state index is 13.0. The van der Waals surface area contributed by atoms with Crippen molar-refractivity contribution in [1.82, 2.24) is 0 Å². The summed E-state index contributed by atoms with van der Waals surface area (Å²) in [5.41, 5.74) is 0. The standard InChI is InChI=1S/C89H150O16P2/c1-4-7-10-13-16-19-22-25-27-29-31-33-35-37-38-39-40-41-42-43-44-46-48-49-51-53-55-58-60-63-66-69-72-75-87(92)99-78-84(90)79-101-106(95,96)102-80-85(91)81-103-107(97,98)104-83-86(105-89(94)77-74-71-68-65-62-57-24-21-18-15-12-9-6-3)82-100-88(93)76-73-70-67-64-61-59-56-54-52-50-47-45-36-34-32-30-28-26-23-20-17-14-11-8-5-2/h7-8,10-12,15-17,19-21,24-28,31-34,37-38,40-41,45,47,84-86,90-91H,4-6,9,13-14,18,22-23,29-30,35-36,39,42-44,46,48-83H2,1-3H3,(H,95,96)(H,97,98)/b10-7-,11-8-,15-12-,19-16-,20-17-,24-21-,27-25-,28-26-,33-31-,34-32-,38-37-,41-40-,47-45-. The Bertz CT molecular complexity index is 2580. The highest BCUT2D eigenvalue weighted by Gasteiger charge is 2.29. The van der Waals surface area contributed by atoms with Crippen molar-refractivity contribution < 1.29 is 75.8 Å². The summed E-state index contributed by atoms with van der Waals surface area (Å²) < 4.78 is 61.2. The van der Waals surface area contributed by atoms with Crippen LogP contribution in [0.4, 0.5) is 0 Å². The lowest BCUT2D eigenvalue weighted by molar-refractivity contribution is -0.161. The maximum Gasteiger partial charge on any atom is 0.472 e. The third kappa shape index (κ3) is 82.0. The minimum atomic E-state index is -4.94. The summed E-state index contributed by atoms with van der Waals surface area (Å²) in [6.07, 6.45) is 102. The van der Waals surface area contributed by atoms with E-state index in [-0.39, 0.29) is 19.3 Å². The molecular formula is C89H150O16P2. The van der Waals surface area contributed by atoms with Crippen molar-refractivity contribution in [2.75, 3.05) is 39.6 Å². The van der Waals surface area contributed by atoms with Crippen molar-refractivity contribution in [1.29, 1.82) is 0 Å². The van der Waals surface area contributed by atoms with E-state index in [0.29, 0.717) is 19.3 Å². The molecular weight excluding hydrogens is 1390 g/mol. The lowest BCUT2D eigenvalue weighted by atomic mass is 10.0. The molecule has 0 aromatic carbocycles. The van der Waals surface area contributed by atoms with Crippen molar-refractivity contribution in [3.63, 3.8) is 0 Å². The van der Waals surface area contributed by atoms with Crippen LogP contribution in [-0.2, 0) is 55.8 Å². The van der Waals surface area contributed by atoms with Gasteiger partial charge in [0.25, 0.3) is 0 Å². The van der Waals surface area contributed by atoms with E-state index in [2.05, 4.69) is 179 Å². The predicted octanol–water partition coefficient (Wildman–Crippen LogP) is 25.0. The van der Waals surface area contributed by atoms with Crippen LogP contribution in [0.5, 0.6) is 0 Å². The quantitative estimate of drug-likeness (QED) is 0.0146. The second kappa shape index (κ2) is 80.7. The first kappa shape index (κ1) is 102. The minimum absolute atomic E-state index is 0.0838. The summed E-state index contributed by atoms with van der Waals surface area (Å²) >= 11 is 0. The molecule has 18 heteroatoms. The van der Waals surface area contributed by atoms with E-state index in [1.165, 1.54) is 89.9 Å². The van der Waals surface area contributed by atoms with Crippen LogP contribution in [0.25, 0.3) is 0 Å². The average Bonchev–Trinajstić information content (AvgIpc) is 0.908. The van der Waals surface area contributed by atoms with Gasteiger partial charge in [0.1, 0.15) is 25.4 Å². The van der Waals surface area contributed by atoms with Crippen LogP contribution in [0.15, 0.2) is 158 Å². The fourth-order valence-electron chi connectivity index (χ4n) is 10.9. The van der Waals surface area contributed by atoms with Crippen LogP contribution in [0.3, 0.4) is 0 Å².